The van der Waals surface area contributed by atoms with Crippen LogP contribution in [0, 0.1) is 0 Å². The van der Waals surface area contributed by atoms with Crippen LogP contribution in [0.3, 0.4) is 0 Å². The number of amides is 2. The lowest BCUT2D eigenvalue weighted by Crippen LogP contribution is -2.52. The maximum Gasteiger partial charge on any atom is 0.289 e. The minimum atomic E-state index is -0.663. The molecule has 1 aliphatic carbocycles. The zero-order valence-electron chi connectivity index (χ0n) is 15.2. The Morgan fingerprint density at radius 3 is 2.44 bits per heavy atom. The zero-order valence-corrected chi connectivity index (χ0v) is 15.2. The van der Waals surface area contributed by atoms with Gasteiger partial charge in [0.15, 0.2) is 5.76 Å². The molecule has 2 amide bonds. The number of nitrogens with zero attached hydrogens (tertiary/aromatic N) is 4. The Labute approximate surface area is 156 Å². The van der Waals surface area contributed by atoms with Crippen LogP contribution in [0.1, 0.15) is 48.0 Å². The maximum absolute atomic E-state index is 12.9. The third-order valence-electron chi connectivity index (χ3n) is 5.18. The fourth-order valence-corrected chi connectivity index (χ4v) is 3.37. The molecule has 2 aromatic rings. The average Bonchev–Trinajstić information content (AvgIpc) is 3.40. The monoisotopic (exact) mass is 370 g/mol. The van der Waals surface area contributed by atoms with E-state index in [9.17, 15) is 14.4 Å². The van der Waals surface area contributed by atoms with Gasteiger partial charge >= 0.3 is 0 Å². The van der Waals surface area contributed by atoms with Gasteiger partial charge in [0, 0.05) is 38.2 Å². The Kier molecular flexibility index (Phi) is 4.55. The predicted molar refractivity (Wildman–Crippen MR) is 96.4 cm³/mol. The molecule has 0 bridgehead atoms. The van der Waals surface area contributed by atoms with Gasteiger partial charge in [-0.15, -0.1) is 0 Å². The standard InChI is InChI=1S/C19H22N4O4/c1-13(23-17(24)7-6-15(20-23)14-4-5-14)18(25)21-8-10-22(11-9-21)19(26)16-3-2-12-27-16/h2-3,6-7,12-14H,4-5,8-11H2,1H3/t13-/m0/s1. The van der Waals surface area contributed by atoms with Gasteiger partial charge in [0.2, 0.25) is 5.91 Å². The quantitative estimate of drug-likeness (QED) is 0.808. The van der Waals surface area contributed by atoms with E-state index < -0.39 is 6.04 Å². The molecule has 8 nitrogen and oxygen atoms in total. The van der Waals surface area contributed by atoms with Crippen molar-refractivity contribution in [2.24, 2.45) is 0 Å². The lowest BCUT2D eigenvalue weighted by Gasteiger charge is -2.35. The van der Waals surface area contributed by atoms with E-state index in [4.69, 9.17) is 4.42 Å². The summed E-state index contributed by atoms with van der Waals surface area (Å²) >= 11 is 0. The summed E-state index contributed by atoms with van der Waals surface area (Å²) < 4.78 is 6.44. The predicted octanol–water partition coefficient (Wildman–Crippen LogP) is 1.26. The van der Waals surface area contributed by atoms with Crippen molar-refractivity contribution in [1.29, 1.82) is 0 Å². The molecule has 142 valence electrons. The van der Waals surface area contributed by atoms with Gasteiger partial charge in [-0.25, -0.2) is 4.68 Å². The molecule has 3 heterocycles. The van der Waals surface area contributed by atoms with Crippen LogP contribution in [0.4, 0.5) is 0 Å². The summed E-state index contributed by atoms with van der Waals surface area (Å²) in [6.45, 7) is 3.41. The number of carbonyl (C=O) groups is 2. The maximum atomic E-state index is 12.9. The SMILES string of the molecule is C[C@@H](C(=O)N1CCN(C(=O)c2ccco2)CC1)n1nc(C2CC2)ccc1=O. The Morgan fingerprint density at radius 1 is 1.11 bits per heavy atom. The van der Waals surface area contributed by atoms with Gasteiger partial charge in [0.05, 0.1) is 12.0 Å². The van der Waals surface area contributed by atoms with E-state index in [1.807, 2.05) is 0 Å². The van der Waals surface area contributed by atoms with Crippen molar-refractivity contribution in [3.05, 3.63) is 52.3 Å². The Morgan fingerprint density at radius 2 is 1.81 bits per heavy atom. The fraction of sp³-hybridized carbons (Fsp3) is 0.474. The topological polar surface area (TPSA) is 88.7 Å². The minimum Gasteiger partial charge on any atom is -0.459 e. The van der Waals surface area contributed by atoms with Crippen molar-refractivity contribution in [2.45, 2.75) is 31.7 Å². The second-order valence-corrected chi connectivity index (χ2v) is 7.09. The van der Waals surface area contributed by atoms with E-state index in [2.05, 4.69) is 5.10 Å². The number of aromatic nitrogens is 2. The van der Waals surface area contributed by atoms with Crippen LogP contribution in [0.15, 0.2) is 39.7 Å². The van der Waals surface area contributed by atoms with Gasteiger partial charge < -0.3 is 14.2 Å². The highest BCUT2D eigenvalue weighted by molar-refractivity contribution is 5.91. The highest BCUT2D eigenvalue weighted by atomic mass is 16.3. The molecule has 0 N–H and O–H groups in total. The van der Waals surface area contributed by atoms with E-state index in [-0.39, 0.29) is 17.4 Å². The third kappa shape index (κ3) is 3.51. The molecule has 1 saturated heterocycles. The van der Waals surface area contributed by atoms with Crippen LogP contribution >= 0.6 is 0 Å². The lowest BCUT2D eigenvalue weighted by molar-refractivity contribution is -0.136. The van der Waals surface area contributed by atoms with Crippen molar-refractivity contribution in [2.75, 3.05) is 26.2 Å². The Bertz CT molecular complexity index is 893. The number of carbonyl (C=O) groups excluding carboxylic acids is 2. The molecule has 2 fully saturated rings. The van der Waals surface area contributed by atoms with Gasteiger partial charge in [0.25, 0.3) is 11.5 Å². The molecule has 2 aromatic heterocycles. The van der Waals surface area contributed by atoms with Gasteiger partial charge in [0.1, 0.15) is 6.04 Å². The Hall–Kier alpha value is -2.90. The summed E-state index contributed by atoms with van der Waals surface area (Å²) in [7, 11) is 0. The van der Waals surface area contributed by atoms with Crippen LogP contribution in [-0.4, -0.2) is 57.6 Å². The van der Waals surface area contributed by atoms with Gasteiger partial charge in [-0.3, -0.25) is 14.4 Å². The van der Waals surface area contributed by atoms with Gasteiger partial charge in [-0.05, 0) is 38.0 Å². The van der Waals surface area contributed by atoms with Gasteiger partial charge in [-0.1, -0.05) is 0 Å². The molecule has 1 saturated carbocycles. The Balaban J connectivity index is 1.41. The third-order valence-corrected chi connectivity index (χ3v) is 5.18. The summed E-state index contributed by atoms with van der Waals surface area (Å²) in [5, 5.41) is 4.41. The number of rotatable bonds is 4. The van der Waals surface area contributed by atoms with Crippen molar-refractivity contribution in [1.82, 2.24) is 19.6 Å². The van der Waals surface area contributed by atoms with E-state index in [0.29, 0.717) is 37.9 Å². The number of hydrogen-bond acceptors (Lipinski definition) is 5. The molecule has 4 rings (SSSR count). The van der Waals surface area contributed by atoms with E-state index in [1.54, 1.807) is 34.9 Å². The number of furan rings is 1. The van der Waals surface area contributed by atoms with E-state index in [1.165, 1.54) is 17.0 Å². The molecule has 1 aliphatic heterocycles. The van der Waals surface area contributed by atoms with Crippen LogP contribution in [-0.2, 0) is 4.79 Å². The first-order valence-electron chi connectivity index (χ1n) is 9.26. The summed E-state index contributed by atoms with van der Waals surface area (Å²) in [4.78, 5) is 40.7. The first-order valence-corrected chi connectivity index (χ1v) is 9.26. The highest BCUT2D eigenvalue weighted by Crippen LogP contribution is 2.38. The molecule has 27 heavy (non-hydrogen) atoms. The van der Waals surface area contributed by atoms with Crippen LogP contribution < -0.4 is 5.56 Å². The van der Waals surface area contributed by atoms with Crippen LogP contribution in [0.2, 0.25) is 0 Å². The lowest BCUT2D eigenvalue weighted by atomic mass is 10.2. The first-order chi connectivity index (χ1) is 13.0. The van der Waals surface area contributed by atoms with Crippen molar-refractivity contribution in [3.63, 3.8) is 0 Å². The summed E-state index contributed by atoms with van der Waals surface area (Å²) in [6.07, 6.45) is 3.63. The number of hydrogen-bond donors (Lipinski definition) is 0. The zero-order chi connectivity index (χ0) is 19.0. The molecular weight excluding hydrogens is 348 g/mol. The molecule has 1 atom stereocenters. The molecule has 0 spiro atoms. The molecule has 0 unspecified atom stereocenters. The minimum absolute atomic E-state index is 0.150. The second kappa shape index (κ2) is 7.02. The second-order valence-electron chi connectivity index (χ2n) is 7.09. The van der Waals surface area contributed by atoms with Crippen LogP contribution in [0.5, 0.6) is 0 Å². The number of piperazine rings is 1. The summed E-state index contributed by atoms with van der Waals surface area (Å²) in [6, 6.07) is 5.89. The molecule has 2 aliphatic rings. The van der Waals surface area contributed by atoms with Crippen molar-refractivity contribution >= 4 is 11.8 Å². The van der Waals surface area contributed by atoms with E-state index in [0.717, 1.165) is 18.5 Å². The fourth-order valence-electron chi connectivity index (χ4n) is 3.37. The van der Waals surface area contributed by atoms with Crippen LogP contribution in [0.25, 0.3) is 0 Å². The molecule has 0 aromatic carbocycles. The molecule has 8 heteroatoms. The smallest absolute Gasteiger partial charge is 0.289 e. The van der Waals surface area contributed by atoms with E-state index >= 15 is 0 Å². The molecule has 0 radical (unpaired) electrons. The van der Waals surface area contributed by atoms with Crippen molar-refractivity contribution < 1.29 is 14.0 Å². The normalized spacial score (nSPS) is 18.4. The summed E-state index contributed by atoms with van der Waals surface area (Å²) in [5.41, 5.74) is 0.606. The average molecular weight is 370 g/mol. The highest BCUT2D eigenvalue weighted by Gasteiger charge is 2.31. The largest absolute Gasteiger partial charge is 0.459 e. The van der Waals surface area contributed by atoms with Gasteiger partial charge in [-0.2, -0.15) is 5.10 Å². The summed E-state index contributed by atoms with van der Waals surface area (Å²) in [5.74, 6) is 0.393. The van der Waals surface area contributed by atoms with Crippen molar-refractivity contribution in [3.8, 4) is 0 Å². The first kappa shape index (κ1) is 17.5. The molecular formula is C19H22N4O4.